The highest BCUT2D eigenvalue weighted by molar-refractivity contribution is 8.00. The molecule has 5 rings (SSSR count). The molecule has 7 heteroatoms. The number of ether oxygens (including phenoxy) is 1. The van der Waals surface area contributed by atoms with E-state index in [-0.39, 0.29) is 12.4 Å². The summed E-state index contributed by atoms with van der Waals surface area (Å²) in [6, 6.07) is 24.4. The Morgan fingerprint density at radius 2 is 1.77 bits per heavy atom. The lowest BCUT2D eigenvalue weighted by molar-refractivity contribution is 0.0531. The Morgan fingerprint density at radius 3 is 2.49 bits per heavy atom. The van der Waals surface area contributed by atoms with Crippen molar-refractivity contribution in [3.05, 3.63) is 106 Å². The van der Waals surface area contributed by atoms with Gasteiger partial charge in [-0.1, -0.05) is 48.5 Å². The fourth-order valence-electron chi connectivity index (χ4n) is 4.03. The van der Waals surface area contributed by atoms with Gasteiger partial charge in [0, 0.05) is 22.9 Å². The van der Waals surface area contributed by atoms with Crippen LogP contribution in [-0.2, 0) is 10.5 Å². The van der Waals surface area contributed by atoms with Crippen LogP contribution in [0, 0.1) is 11.3 Å². The third-order valence-electron chi connectivity index (χ3n) is 5.63. The summed E-state index contributed by atoms with van der Waals surface area (Å²) in [5.41, 5.74) is 4.23. The van der Waals surface area contributed by atoms with Crippen molar-refractivity contribution in [1.29, 1.82) is 5.26 Å². The van der Waals surface area contributed by atoms with Crippen molar-refractivity contribution in [3.8, 4) is 6.07 Å². The molecule has 0 saturated carbocycles. The summed E-state index contributed by atoms with van der Waals surface area (Å²) in [7, 11) is 0. The lowest BCUT2D eigenvalue weighted by Crippen LogP contribution is -2.06. The highest BCUT2D eigenvalue weighted by Crippen LogP contribution is 2.44. The zero-order valence-corrected chi connectivity index (χ0v) is 20.5. The number of benzene rings is 2. The molecule has 172 valence electrons. The predicted molar refractivity (Wildman–Crippen MR) is 139 cm³/mol. The van der Waals surface area contributed by atoms with Crippen LogP contribution in [-0.4, -0.2) is 22.8 Å². The molecule has 0 N–H and O–H groups in total. The van der Waals surface area contributed by atoms with E-state index in [0.717, 1.165) is 15.3 Å². The van der Waals surface area contributed by atoms with Crippen LogP contribution in [0.3, 0.4) is 0 Å². The van der Waals surface area contributed by atoms with Gasteiger partial charge in [0.15, 0.2) is 0 Å². The Morgan fingerprint density at radius 1 is 1.03 bits per heavy atom. The van der Waals surface area contributed by atoms with Gasteiger partial charge in [-0.2, -0.15) is 5.26 Å². The maximum Gasteiger partial charge on any atom is 0.341 e. The lowest BCUT2D eigenvalue weighted by atomic mass is 10.1. The van der Waals surface area contributed by atoms with Gasteiger partial charge >= 0.3 is 5.97 Å². The van der Waals surface area contributed by atoms with Gasteiger partial charge in [0.1, 0.15) is 0 Å². The van der Waals surface area contributed by atoms with E-state index in [4.69, 9.17) is 10.00 Å². The third-order valence-corrected chi connectivity index (χ3v) is 8.14. The molecule has 5 nitrogen and oxygen atoms in total. The van der Waals surface area contributed by atoms with Crippen molar-refractivity contribution in [2.24, 2.45) is 0 Å². The van der Waals surface area contributed by atoms with Crippen LogP contribution >= 0.6 is 23.1 Å². The maximum absolute atomic E-state index is 13.6. The van der Waals surface area contributed by atoms with Gasteiger partial charge < -0.3 is 9.14 Å². The summed E-state index contributed by atoms with van der Waals surface area (Å²) in [6.07, 6.45) is 1.91. The van der Waals surface area contributed by atoms with Crippen molar-refractivity contribution in [2.75, 3.05) is 6.61 Å². The first-order valence-corrected chi connectivity index (χ1v) is 12.9. The molecule has 0 aliphatic carbocycles. The molecule has 35 heavy (non-hydrogen) atoms. The van der Waals surface area contributed by atoms with Crippen molar-refractivity contribution >= 4 is 51.3 Å². The summed E-state index contributed by atoms with van der Waals surface area (Å²) < 4.78 is 8.33. The Balaban J connectivity index is 1.69. The molecule has 0 bridgehead atoms. The number of fused-ring (bicyclic) bond motifs is 3. The number of carbonyl (C=O) groups excluding carboxylic acids is 2. The van der Waals surface area contributed by atoms with Gasteiger partial charge in [0.25, 0.3) is 0 Å². The van der Waals surface area contributed by atoms with Crippen LogP contribution in [0.4, 0.5) is 0 Å². The van der Waals surface area contributed by atoms with Gasteiger partial charge in [-0.15, -0.1) is 23.1 Å². The van der Waals surface area contributed by atoms with E-state index in [2.05, 4.69) is 6.07 Å². The van der Waals surface area contributed by atoms with E-state index in [9.17, 15) is 9.59 Å². The predicted octanol–water partition coefficient (Wildman–Crippen LogP) is 6.73. The normalized spacial score (nSPS) is 11.0. The number of hydrogen-bond donors (Lipinski definition) is 0. The summed E-state index contributed by atoms with van der Waals surface area (Å²) in [6.45, 7) is 2.02. The van der Waals surface area contributed by atoms with Crippen molar-refractivity contribution in [3.63, 3.8) is 0 Å². The fraction of sp³-hybridized carbons (Fsp3) is 0.107. The first kappa shape index (κ1) is 22.9. The van der Waals surface area contributed by atoms with Gasteiger partial charge in [-0.05, 0) is 36.8 Å². The molecule has 0 spiro atoms. The Labute approximate surface area is 210 Å². The number of nitrogens with zero attached hydrogens (tertiary/aromatic N) is 2. The van der Waals surface area contributed by atoms with Gasteiger partial charge in [-0.25, -0.2) is 4.79 Å². The van der Waals surface area contributed by atoms with Gasteiger partial charge in [0.05, 0.1) is 43.9 Å². The van der Waals surface area contributed by atoms with Crippen LogP contribution < -0.4 is 0 Å². The standard InChI is InChI=1S/C28H20N2O3S2/c1-2-33-27(32)22-21-10-6-7-15-30(21)24-23(22)26(25(31)20-8-4-3-5-9-20)35-28(24)34-17-19-13-11-18(16-29)12-14-19/h3-15H,2,17H2,1H3. The molecule has 3 aromatic heterocycles. The van der Waals surface area contributed by atoms with Crippen molar-refractivity contribution < 1.29 is 14.3 Å². The molecule has 2 aromatic carbocycles. The van der Waals surface area contributed by atoms with Crippen LogP contribution in [0.15, 0.2) is 83.2 Å². The first-order chi connectivity index (χ1) is 17.1. The topological polar surface area (TPSA) is 71.6 Å². The minimum atomic E-state index is -0.435. The SMILES string of the molecule is CCOC(=O)c1c2c(C(=O)c3ccccc3)sc(SCc3ccc(C#N)cc3)c2n2ccccc12. The highest BCUT2D eigenvalue weighted by Gasteiger charge is 2.29. The van der Waals surface area contributed by atoms with Gasteiger partial charge in [0.2, 0.25) is 5.78 Å². The molecule has 0 aliphatic rings. The Kier molecular flexibility index (Phi) is 6.41. The largest absolute Gasteiger partial charge is 0.462 e. The number of nitriles is 1. The number of rotatable bonds is 7. The smallest absolute Gasteiger partial charge is 0.341 e. The first-order valence-electron chi connectivity index (χ1n) is 11.1. The van der Waals surface area contributed by atoms with Gasteiger partial charge in [-0.3, -0.25) is 4.79 Å². The number of carbonyl (C=O) groups is 2. The molecule has 0 fully saturated rings. The van der Waals surface area contributed by atoms with E-state index in [1.807, 2.05) is 59.1 Å². The van der Waals surface area contributed by atoms with Crippen molar-refractivity contribution in [2.45, 2.75) is 16.9 Å². The molecule has 0 radical (unpaired) electrons. The summed E-state index contributed by atoms with van der Waals surface area (Å²) in [5, 5.41) is 9.70. The second kappa shape index (κ2) is 9.79. The van der Waals surface area contributed by atoms with E-state index >= 15 is 0 Å². The van der Waals surface area contributed by atoms with E-state index < -0.39 is 5.97 Å². The average molecular weight is 497 g/mol. The quantitative estimate of drug-likeness (QED) is 0.142. The minimum absolute atomic E-state index is 0.118. The van der Waals surface area contributed by atoms with Crippen LogP contribution in [0.2, 0.25) is 0 Å². The maximum atomic E-state index is 13.6. The zero-order valence-electron chi connectivity index (χ0n) is 18.9. The molecular formula is C28H20N2O3S2. The minimum Gasteiger partial charge on any atom is -0.462 e. The highest BCUT2D eigenvalue weighted by atomic mass is 32.2. The summed E-state index contributed by atoms with van der Waals surface area (Å²) >= 11 is 3.02. The van der Waals surface area contributed by atoms with E-state index in [0.29, 0.717) is 38.2 Å². The second-order valence-corrected chi connectivity index (χ2v) is 10.1. The lowest BCUT2D eigenvalue weighted by Gasteiger charge is -2.04. The molecule has 0 saturated heterocycles. The summed E-state index contributed by atoms with van der Waals surface area (Å²) in [5.74, 6) is 0.108. The van der Waals surface area contributed by atoms with Crippen LogP contribution in [0.1, 0.15) is 43.6 Å². The third kappa shape index (κ3) is 4.23. The van der Waals surface area contributed by atoms with Crippen LogP contribution in [0.25, 0.3) is 16.4 Å². The molecule has 0 unspecified atom stereocenters. The molecular weight excluding hydrogens is 476 g/mol. The Hall–Kier alpha value is -3.86. The van der Waals surface area contributed by atoms with Crippen molar-refractivity contribution in [1.82, 2.24) is 4.40 Å². The number of hydrogen-bond acceptors (Lipinski definition) is 6. The Bertz CT molecular complexity index is 1590. The van der Waals surface area contributed by atoms with E-state index in [1.165, 1.54) is 11.3 Å². The summed E-state index contributed by atoms with van der Waals surface area (Å²) in [4.78, 5) is 27.3. The number of esters is 1. The number of aromatic nitrogens is 1. The molecule has 0 amide bonds. The zero-order chi connectivity index (χ0) is 24.4. The molecule has 5 aromatic rings. The fourth-order valence-corrected chi connectivity index (χ4v) is 6.52. The average Bonchev–Trinajstić information content (AvgIpc) is 3.44. The molecule has 0 aliphatic heterocycles. The number of thioether (sulfide) groups is 1. The van der Waals surface area contributed by atoms with Crippen LogP contribution in [0.5, 0.6) is 0 Å². The molecule has 3 heterocycles. The van der Waals surface area contributed by atoms with E-state index in [1.54, 1.807) is 43.0 Å². The monoisotopic (exact) mass is 496 g/mol. The molecule has 0 atom stereocenters. The number of pyridine rings is 1. The number of ketones is 1. The second-order valence-electron chi connectivity index (χ2n) is 7.79. The number of thiophene rings is 1.